The van der Waals surface area contributed by atoms with Crippen LogP contribution in [0.2, 0.25) is 0 Å². The summed E-state index contributed by atoms with van der Waals surface area (Å²) in [6.45, 7) is 6.35. The van der Waals surface area contributed by atoms with Crippen LogP contribution >= 0.6 is 15.9 Å². The highest BCUT2D eigenvalue weighted by Gasteiger charge is 2.41. The van der Waals surface area contributed by atoms with Crippen molar-refractivity contribution < 1.29 is 4.79 Å². The van der Waals surface area contributed by atoms with Crippen molar-refractivity contribution in [1.82, 2.24) is 34.5 Å². The van der Waals surface area contributed by atoms with Gasteiger partial charge in [0.2, 0.25) is 5.91 Å². The first-order chi connectivity index (χ1) is 14.4. The van der Waals surface area contributed by atoms with Gasteiger partial charge in [0.25, 0.3) is 0 Å². The Kier molecular flexibility index (Phi) is 4.14. The molecule has 1 aliphatic heterocycles. The molecule has 1 aliphatic rings. The van der Waals surface area contributed by atoms with Crippen LogP contribution in [0.5, 0.6) is 0 Å². The van der Waals surface area contributed by atoms with Crippen molar-refractivity contribution >= 4 is 38.8 Å². The van der Waals surface area contributed by atoms with E-state index in [0.29, 0.717) is 29.4 Å². The molecular weight excluding hydrogens is 448 g/mol. The van der Waals surface area contributed by atoms with Gasteiger partial charge in [-0.15, -0.1) is 0 Å². The van der Waals surface area contributed by atoms with E-state index in [4.69, 9.17) is 4.98 Å². The lowest BCUT2D eigenvalue weighted by atomic mass is 10.0. The topological polar surface area (TPSA) is 111 Å². The molecule has 4 aromatic rings. The van der Waals surface area contributed by atoms with Crippen LogP contribution in [-0.4, -0.2) is 40.4 Å². The third-order valence-corrected chi connectivity index (χ3v) is 6.00. The van der Waals surface area contributed by atoms with Crippen molar-refractivity contribution in [1.29, 1.82) is 0 Å². The average molecular weight is 465 g/mol. The minimum Gasteiger partial charge on any atom is -0.309 e. The van der Waals surface area contributed by atoms with Crippen molar-refractivity contribution in [3.8, 4) is 22.6 Å². The zero-order chi connectivity index (χ0) is 21.0. The summed E-state index contributed by atoms with van der Waals surface area (Å²) in [6, 6.07) is 1.91. The van der Waals surface area contributed by atoms with Crippen LogP contribution in [0.3, 0.4) is 0 Å². The van der Waals surface area contributed by atoms with E-state index in [1.54, 1.807) is 25.5 Å². The lowest BCUT2D eigenvalue weighted by Crippen LogP contribution is -2.23. The number of rotatable bonds is 3. The molecule has 9 nitrogen and oxygen atoms in total. The van der Waals surface area contributed by atoms with Gasteiger partial charge in [-0.3, -0.25) is 4.79 Å². The second-order valence-electron chi connectivity index (χ2n) is 7.17. The number of nitrogens with zero attached hydrogens (tertiary/aromatic N) is 7. The normalized spacial score (nSPS) is 17.9. The molecular formula is C20H17BrN8O. The molecule has 1 atom stereocenters. The third-order valence-electron chi connectivity index (χ3n) is 5.21. The number of pyridine rings is 1. The molecule has 150 valence electrons. The number of anilines is 1. The maximum atomic E-state index is 12.2. The maximum Gasteiger partial charge on any atom is 0.246 e. The number of alkyl halides is 1. The molecule has 10 heteroatoms. The summed E-state index contributed by atoms with van der Waals surface area (Å²) < 4.78 is 1.17. The van der Waals surface area contributed by atoms with Crippen LogP contribution in [0.4, 0.5) is 5.82 Å². The van der Waals surface area contributed by atoms with Gasteiger partial charge in [0, 0.05) is 36.3 Å². The van der Waals surface area contributed by atoms with E-state index in [-0.39, 0.29) is 5.91 Å². The molecule has 0 spiro atoms. The summed E-state index contributed by atoms with van der Waals surface area (Å²) in [4.78, 5) is 39.0. The molecule has 0 aliphatic carbocycles. The Morgan fingerprint density at radius 1 is 1.10 bits per heavy atom. The molecule has 0 saturated carbocycles. The number of carbonyl (C=O) groups excluding carboxylic acids is 1. The molecule has 5 heterocycles. The van der Waals surface area contributed by atoms with E-state index >= 15 is 0 Å². The molecule has 4 aromatic heterocycles. The van der Waals surface area contributed by atoms with Gasteiger partial charge >= 0.3 is 0 Å². The number of hydrogen-bond acceptors (Lipinski definition) is 7. The number of fused-ring (bicyclic) bond motifs is 2. The molecule has 0 radical (unpaired) electrons. The van der Waals surface area contributed by atoms with Crippen LogP contribution in [0.25, 0.3) is 33.8 Å². The van der Waals surface area contributed by atoms with E-state index in [1.807, 2.05) is 24.5 Å². The number of aryl methyl sites for hydroxylation is 2. The van der Waals surface area contributed by atoms with Gasteiger partial charge in [-0.25, -0.2) is 29.9 Å². The molecule has 0 aromatic carbocycles. The summed E-state index contributed by atoms with van der Waals surface area (Å²) in [7, 11) is 0. The molecule has 1 N–H and O–H groups in total. The van der Waals surface area contributed by atoms with E-state index in [1.165, 1.54) is 6.33 Å². The fourth-order valence-electron chi connectivity index (χ4n) is 3.57. The van der Waals surface area contributed by atoms with Crippen LogP contribution in [0, 0.1) is 6.92 Å². The number of nitrogens with one attached hydrogen (secondary N) is 1. The third kappa shape index (κ3) is 2.71. The Bertz CT molecular complexity index is 1310. The van der Waals surface area contributed by atoms with Gasteiger partial charge in [0.15, 0.2) is 5.65 Å². The minimum absolute atomic E-state index is 0.146. The number of halogens is 1. The largest absolute Gasteiger partial charge is 0.309 e. The van der Waals surface area contributed by atoms with Gasteiger partial charge in [-0.05, 0) is 26.8 Å². The fraction of sp³-hybridized carbons (Fsp3) is 0.250. The first-order valence-electron chi connectivity index (χ1n) is 9.41. The first-order valence-corrected chi connectivity index (χ1v) is 10.2. The summed E-state index contributed by atoms with van der Waals surface area (Å²) in [5, 5.41) is 2.79. The SMILES string of the molecule is CCn1c(-c2cnc(C)nc2)nc2c(-c3cnc4c(c3)C(C)(Br)C(=O)N4)ncnc21. The Labute approximate surface area is 180 Å². The Morgan fingerprint density at radius 2 is 1.83 bits per heavy atom. The predicted octanol–water partition coefficient (Wildman–Crippen LogP) is 3.24. The Hall–Kier alpha value is -3.27. The van der Waals surface area contributed by atoms with Gasteiger partial charge in [0.05, 0.1) is 5.56 Å². The second-order valence-corrected chi connectivity index (χ2v) is 8.76. The van der Waals surface area contributed by atoms with Gasteiger partial charge in [-0.1, -0.05) is 15.9 Å². The number of amides is 1. The lowest BCUT2D eigenvalue weighted by Gasteiger charge is -2.13. The number of imidazole rings is 1. The standard InChI is InChI=1S/C20H17BrN8O/c1-4-29-17(12-7-22-10(2)23-8-12)27-15-14(25-9-26-18(15)29)11-5-13-16(24-6-11)28-19(30)20(13,3)21/h5-9H,4H2,1-3H3,(H,24,28,30). The number of aromatic nitrogens is 7. The molecule has 0 saturated heterocycles. The van der Waals surface area contributed by atoms with Crippen molar-refractivity contribution in [2.45, 2.75) is 31.6 Å². The van der Waals surface area contributed by atoms with Crippen molar-refractivity contribution in [2.75, 3.05) is 5.32 Å². The Balaban J connectivity index is 1.71. The Morgan fingerprint density at radius 3 is 2.57 bits per heavy atom. The highest BCUT2D eigenvalue weighted by Crippen LogP contribution is 2.43. The molecule has 30 heavy (non-hydrogen) atoms. The maximum absolute atomic E-state index is 12.2. The zero-order valence-corrected chi connectivity index (χ0v) is 18.1. The van der Waals surface area contributed by atoms with Crippen molar-refractivity contribution in [3.05, 3.63) is 42.4 Å². The number of hydrogen-bond donors (Lipinski definition) is 1. The van der Waals surface area contributed by atoms with Crippen molar-refractivity contribution in [3.63, 3.8) is 0 Å². The lowest BCUT2D eigenvalue weighted by molar-refractivity contribution is -0.117. The second kappa shape index (κ2) is 6.63. The van der Waals surface area contributed by atoms with Crippen molar-refractivity contribution in [2.24, 2.45) is 0 Å². The van der Waals surface area contributed by atoms with Crippen LogP contribution in [0.1, 0.15) is 25.2 Å². The van der Waals surface area contributed by atoms with Crippen LogP contribution in [-0.2, 0) is 15.7 Å². The molecule has 1 unspecified atom stereocenters. The van der Waals surface area contributed by atoms with E-state index in [2.05, 4.69) is 46.2 Å². The summed E-state index contributed by atoms with van der Waals surface area (Å²) >= 11 is 3.51. The molecule has 0 fully saturated rings. The molecule has 0 bridgehead atoms. The number of carbonyl (C=O) groups is 1. The summed E-state index contributed by atoms with van der Waals surface area (Å²) in [6.07, 6.45) is 6.72. The summed E-state index contributed by atoms with van der Waals surface area (Å²) in [5.74, 6) is 1.83. The van der Waals surface area contributed by atoms with Crippen LogP contribution in [0.15, 0.2) is 31.0 Å². The monoisotopic (exact) mass is 464 g/mol. The highest BCUT2D eigenvalue weighted by atomic mass is 79.9. The minimum atomic E-state index is -0.843. The molecule has 5 rings (SSSR count). The first kappa shape index (κ1) is 18.7. The van der Waals surface area contributed by atoms with Gasteiger partial charge in [0.1, 0.15) is 39.3 Å². The van der Waals surface area contributed by atoms with E-state index in [0.717, 1.165) is 28.2 Å². The van der Waals surface area contributed by atoms with Crippen LogP contribution < -0.4 is 5.32 Å². The molecule has 1 amide bonds. The predicted molar refractivity (Wildman–Crippen MR) is 115 cm³/mol. The highest BCUT2D eigenvalue weighted by molar-refractivity contribution is 9.10. The zero-order valence-electron chi connectivity index (χ0n) is 16.5. The summed E-state index contributed by atoms with van der Waals surface area (Å²) in [5.41, 5.74) is 4.36. The fourth-order valence-corrected chi connectivity index (χ4v) is 3.98. The van der Waals surface area contributed by atoms with Gasteiger partial charge < -0.3 is 9.88 Å². The smallest absolute Gasteiger partial charge is 0.246 e. The van der Waals surface area contributed by atoms with E-state index in [9.17, 15) is 4.79 Å². The van der Waals surface area contributed by atoms with Gasteiger partial charge in [-0.2, -0.15) is 0 Å². The van der Waals surface area contributed by atoms with E-state index < -0.39 is 4.32 Å². The average Bonchev–Trinajstić information content (AvgIpc) is 3.23. The quantitative estimate of drug-likeness (QED) is 0.463.